The van der Waals surface area contributed by atoms with Gasteiger partial charge in [-0.1, -0.05) is 272 Å². The summed E-state index contributed by atoms with van der Waals surface area (Å²) in [5.41, 5.74) is 0. The summed E-state index contributed by atoms with van der Waals surface area (Å²) in [5.74, 6) is -0.634. The second-order valence-corrected chi connectivity index (χ2v) is 19.7. The van der Waals surface area contributed by atoms with Gasteiger partial charge in [-0.05, 0) is 141 Å². The molecule has 0 bridgehead atoms. The highest BCUT2D eigenvalue weighted by atomic mass is 16.6. The van der Waals surface area contributed by atoms with E-state index >= 15 is 0 Å². The molecule has 0 aliphatic carbocycles. The van der Waals surface area contributed by atoms with Crippen molar-refractivity contribution in [2.75, 3.05) is 13.2 Å². The van der Waals surface area contributed by atoms with Gasteiger partial charge in [0.25, 0.3) is 0 Å². The molecule has 1 unspecified atom stereocenters. The molecular weight excluding hydrogens is 957 g/mol. The zero-order chi connectivity index (χ0) is 56.2. The fraction of sp³-hybridized carbons (Fsp3) is 0.534. The van der Waals surface area contributed by atoms with Crippen molar-refractivity contribution in [1.29, 1.82) is 0 Å². The molecule has 78 heavy (non-hydrogen) atoms. The molecule has 434 valence electrons. The second-order valence-electron chi connectivity index (χ2n) is 19.7. The fourth-order valence-electron chi connectivity index (χ4n) is 7.82. The van der Waals surface area contributed by atoms with E-state index in [-0.39, 0.29) is 25.2 Å². The van der Waals surface area contributed by atoms with Gasteiger partial charge in [0, 0.05) is 12.8 Å². The van der Waals surface area contributed by atoms with Crippen LogP contribution in [0.25, 0.3) is 0 Å². The van der Waals surface area contributed by atoms with Crippen molar-refractivity contribution in [2.45, 2.75) is 238 Å². The highest BCUT2D eigenvalue weighted by Crippen LogP contribution is 2.13. The molecule has 0 fully saturated rings. The number of hydrogen-bond donors (Lipinski definition) is 1. The van der Waals surface area contributed by atoms with Crippen LogP contribution in [0, 0.1) is 0 Å². The minimum absolute atomic E-state index is 0.0902. The predicted molar refractivity (Wildman–Crippen MR) is 342 cm³/mol. The van der Waals surface area contributed by atoms with Crippen LogP contribution in [0.2, 0.25) is 0 Å². The molecule has 0 aromatic rings. The Morgan fingerprint density at radius 1 is 0.295 bits per heavy atom. The number of allylic oxidation sites excluding steroid dienone is 32. The molecule has 0 aromatic heterocycles. The fourth-order valence-corrected chi connectivity index (χ4v) is 7.82. The van der Waals surface area contributed by atoms with Crippen LogP contribution >= 0.6 is 0 Å². The van der Waals surface area contributed by atoms with E-state index in [4.69, 9.17) is 9.47 Å². The molecule has 0 amide bonds. The van der Waals surface area contributed by atoms with Crippen molar-refractivity contribution in [3.63, 3.8) is 0 Å². The van der Waals surface area contributed by atoms with E-state index in [1.54, 1.807) is 0 Å². The number of esters is 2. The number of aliphatic hydroxyl groups is 1. The predicted octanol–water partition coefficient (Wildman–Crippen LogP) is 21.6. The Morgan fingerprint density at radius 3 is 0.769 bits per heavy atom. The van der Waals surface area contributed by atoms with Crippen LogP contribution < -0.4 is 0 Å². The number of aliphatic hydroxyl groups excluding tert-OH is 1. The van der Waals surface area contributed by atoms with Crippen molar-refractivity contribution in [2.24, 2.45) is 0 Å². The summed E-state index contributed by atoms with van der Waals surface area (Å²) in [5, 5.41) is 9.67. The third-order valence-corrected chi connectivity index (χ3v) is 12.4. The van der Waals surface area contributed by atoms with Gasteiger partial charge in [0.05, 0.1) is 6.61 Å². The van der Waals surface area contributed by atoms with E-state index in [1.165, 1.54) is 38.5 Å². The monoisotopic (exact) mass is 1070 g/mol. The molecule has 0 rings (SSSR count). The first-order chi connectivity index (χ1) is 38.6. The lowest BCUT2D eigenvalue weighted by Gasteiger charge is -2.15. The maximum Gasteiger partial charge on any atom is 0.306 e. The molecule has 1 N–H and O–H groups in total. The molecule has 0 saturated carbocycles. The van der Waals surface area contributed by atoms with Crippen molar-refractivity contribution in [3.05, 3.63) is 194 Å². The summed E-state index contributed by atoms with van der Waals surface area (Å²) >= 11 is 0. The molecule has 0 spiro atoms. The van der Waals surface area contributed by atoms with Gasteiger partial charge in [0.1, 0.15) is 6.61 Å². The summed E-state index contributed by atoms with van der Waals surface area (Å²) in [7, 11) is 0. The average Bonchev–Trinajstić information content (AvgIpc) is 3.44. The maximum atomic E-state index is 12.3. The minimum Gasteiger partial charge on any atom is -0.462 e. The quantitative estimate of drug-likeness (QED) is 0.0373. The zero-order valence-corrected chi connectivity index (χ0v) is 49.6. The molecule has 1 atom stereocenters. The molecule has 5 heteroatoms. The van der Waals surface area contributed by atoms with Crippen LogP contribution in [-0.2, 0) is 19.1 Å². The first-order valence-electron chi connectivity index (χ1n) is 31.0. The van der Waals surface area contributed by atoms with Gasteiger partial charge in [-0.2, -0.15) is 0 Å². The second kappa shape index (κ2) is 66.0. The minimum atomic E-state index is -0.802. The first-order valence-corrected chi connectivity index (χ1v) is 31.0. The first kappa shape index (κ1) is 72.7. The standard InChI is InChI=1S/C73H112O5/c1-3-5-7-9-11-13-15-17-19-21-23-25-27-29-30-31-32-33-34-35-36-37-38-39-40-41-42-44-46-48-50-52-54-56-58-60-62-64-66-68-73(76)78-71(69-74)70-77-72(75)67-65-63-61-59-57-55-53-51-49-47-45-43-28-26-24-22-20-18-16-14-12-10-8-6-4-2/h5-8,11-14,17-20,23-26,29-30,32-33,35-36,38-39,41-43,45-46,48,52,54,71,74H,3-4,9-10,15-16,21-22,27-28,31,34,37,40,44,47,49-51,53,55-70H2,1-2H3/b7-5-,8-6-,13-11-,14-12-,19-17-,20-18-,25-23-,26-24-,30-29-,33-32-,36-35-,39-38-,42-41-,45-43-,48-46-,54-52-. The van der Waals surface area contributed by atoms with Crippen molar-refractivity contribution in [1.82, 2.24) is 0 Å². The van der Waals surface area contributed by atoms with E-state index in [9.17, 15) is 14.7 Å². The SMILES string of the molecule is CC/C=C\C/C=C\C/C=C\C/C=C\C/C=C\C/C=C\C/C=C\C/C=C\C/C=C\C/C=C\C/C=C\CCCCCCCC(=O)OC(CO)COC(=O)CCCCCCCCCCC/C=C\C/C=C\C/C=C\C/C=C\C/C=C\CC. The lowest BCUT2D eigenvalue weighted by molar-refractivity contribution is -0.161. The van der Waals surface area contributed by atoms with E-state index in [1.807, 2.05) is 0 Å². The van der Waals surface area contributed by atoms with Crippen LogP contribution in [0.4, 0.5) is 0 Å². The van der Waals surface area contributed by atoms with Gasteiger partial charge in [0.2, 0.25) is 0 Å². The third-order valence-electron chi connectivity index (χ3n) is 12.4. The molecular formula is C73H112O5. The van der Waals surface area contributed by atoms with E-state index in [0.717, 1.165) is 167 Å². The Balaban J connectivity index is 3.66. The lowest BCUT2D eigenvalue weighted by Crippen LogP contribution is -2.28. The highest BCUT2D eigenvalue weighted by Gasteiger charge is 2.16. The van der Waals surface area contributed by atoms with Crippen LogP contribution in [0.3, 0.4) is 0 Å². The summed E-state index contributed by atoms with van der Waals surface area (Å²) in [4.78, 5) is 24.6. The number of ether oxygens (including phenoxy) is 2. The normalized spacial score (nSPS) is 13.6. The largest absolute Gasteiger partial charge is 0.462 e. The van der Waals surface area contributed by atoms with Gasteiger partial charge >= 0.3 is 11.9 Å². The van der Waals surface area contributed by atoms with Crippen LogP contribution in [0.15, 0.2) is 194 Å². The molecule has 0 aliphatic heterocycles. The van der Waals surface area contributed by atoms with Gasteiger partial charge in [0.15, 0.2) is 6.10 Å². The number of carbonyl (C=O) groups is 2. The highest BCUT2D eigenvalue weighted by molar-refractivity contribution is 5.70. The van der Waals surface area contributed by atoms with Crippen LogP contribution in [0.1, 0.15) is 232 Å². The van der Waals surface area contributed by atoms with Crippen molar-refractivity contribution in [3.8, 4) is 0 Å². The van der Waals surface area contributed by atoms with Crippen LogP contribution in [-0.4, -0.2) is 36.4 Å². The molecule has 0 radical (unpaired) electrons. The van der Waals surface area contributed by atoms with E-state index in [2.05, 4.69) is 208 Å². The molecule has 0 heterocycles. The number of hydrogen-bond acceptors (Lipinski definition) is 5. The third kappa shape index (κ3) is 63.3. The Labute approximate surface area is 479 Å². The van der Waals surface area contributed by atoms with Crippen molar-refractivity contribution < 1.29 is 24.2 Å². The molecule has 0 aromatic carbocycles. The Kier molecular flexibility index (Phi) is 61.6. The lowest BCUT2D eigenvalue weighted by atomic mass is 10.1. The Hall–Kier alpha value is -5.26. The molecule has 0 saturated heterocycles. The van der Waals surface area contributed by atoms with Gasteiger partial charge in [-0.25, -0.2) is 0 Å². The molecule has 5 nitrogen and oxygen atoms in total. The topological polar surface area (TPSA) is 72.8 Å². The summed E-state index contributed by atoms with van der Waals surface area (Å²) in [6.07, 6.45) is 105. The van der Waals surface area contributed by atoms with Gasteiger partial charge < -0.3 is 14.6 Å². The molecule has 0 aliphatic rings. The van der Waals surface area contributed by atoms with Crippen molar-refractivity contribution >= 4 is 11.9 Å². The zero-order valence-electron chi connectivity index (χ0n) is 49.6. The summed E-state index contributed by atoms with van der Waals surface area (Å²) in [6, 6.07) is 0. The Morgan fingerprint density at radius 2 is 0.513 bits per heavy atom. The summed E-state index contributed by atoms with van der Waals surface area (Å²) in [6.45, 7) is 3.88. The maximum absolute atomic E-state index is 12.3. The van der Waals surface area contributed by atoms with Crippen LogP contribution in [0.5, 0.6) is 0 Å². The van der Waals surface area contributed by atoms with E-state index < -0.39 is 6.10 Å². The van der Waals surface area contributed by atoms with Gasteiger partial charge in [-0.15, -0.1) is 0 Å². The number of rotatable bonds is 54. The Bertz CT molecular complexity index is 1830. The van der Waals surface area contributed by atoms with Gasteiger partial charge in [-0.3, -0.25) is 9.59 Å². The smallest absolute Gasteiger partial charge is 0.306 e. The number of carbonyl (C=O) groups excluding carboxylic acids is 2. The summed E-state index contributed by atoms with van der Waals surface area (Å²) < 4.78 is 10.7. The number of unbranched alkanes of at least 4 members (excludes halogenated alkanes) is 14. The average molecular weight is 1070 g/mol. The van der Waals surface area contributed by atoms with E-state index in [0.29, 0.717) is 12.8 Å².